The maximum Gasteiger partial charge on any atom is 0.0693 e. The van der Waals surface area contributed by atoms with Crippen molar-refractivity contribution < 1.29 is 0 Å². The summed E-state index contributed by atoms with van der Waals surface area (Å²) in [5.74, 6) is 0. The number of para-hydroxylation sites is 1. The molecule has 4 rings (SSSR count). The molecule has 1 atom stereocenters. The van der Waals surface area contributed by atoms with Crippen LogP contribution in [0.15, 0.2) is 73.1 Å². The third-order valence-electron chi connectivity index (χ3n) is 5.14. The zero-order chi connectivity index (χ0) is 16.4. The van der Waals surface area contributed by atoms with Gasteiger partial charge in [0, 0.05) is 30.4 Å². The van der Waals surface area contributed by atoms with Crippen molar-refractivity contribution in [3.63, 3.8) is 0 Å². The molecule has 0 radical (unpaired) electrons. The number of rotatable bonds is 6. The van der Waals surface area contributed by atoms with Crippen molar-refractivity contribution in [1.29, 1.82) is 0 Å². The Balaban J connectivity index is 1.51. The minimum atomic E-state index is 0.284. The normalized spacial score (nSPS) is 16.7. The van der Waals surface area contributed by atoms with Crippen molar-refractivity contribution in [3.8, 4) is 5.69 Å². The maximum atomic E-state index is 4.39. The first kappa shape index (κ1) is 15.2. The van der Waals surface area contributed by atoms with Crippen LogP contribution in [0.3, 0.4) is 0 Å². The zero-order valence-electron chi connectivity index (χ0n) is 14.0. The van der Waals surface area contributed by atoms with E-state index in [1.807, 2.05) is 23.1 Å². The van der Waals surface area contributed by atoms with E-state index in [-0.39, 0.29) is 6.04 Å². The first-order chi connectivity index (χ1) is 11.8. The molecule has 0 saturated heterocycles. The van der Waals surface area contributed by atoms with Crippen molar-refractivity contribution in [2.45, 2.75) is 31.2 Å². The molecule has 1 N–H and O–H groups in total. The van der Waals surface area contributed by atoms with Gasteiger partial charge >= 0.3 is 0 Å². The summed E-state index contributed by atoms with van der Waals surface area (Å²) >= 11 is 0. The van der Waals surface area contributed by atoms with E-state index in [9.17, 15) is 0 Å². The van der Waals surface area contributed by atoms with Crippen LogP contribution in [0, 0.1) is 0 Å². The topological polar surface area (TPSA) is 29.9 Å². The van der Waals surface area contributed by atoms with E-state index < -0.39 is 0 Å². The Morgan fingerprint density at radius 2 is 1.79 bits per heavy atom. The second-order valence-electron chi connectivity index (χ2n) is 6.76. The van der Waals surface area contributed by atoms with Gasteiger partial charge in [0.2, 0.25) is 0 Å². The van der Waals surface area contributed by atoms with Crippen LogP contribution >= 0.6 is 0 Å². The number of benzene rings is 2. The molecular weight excluding hydrogens is 294 g/mol. The van der Waals surface area contributed by atoms with E-state index in [4.69, 9.17) is 0 Å². The van der Waals surface area contributed by atoms with Gasteiger partial charge in [-0.3, -0.25) is 0 Å². The molecule has 122 valence electrons. The Bertz CT molecular complexity index is 789. The van der Waals surface area contributed by atoms with Crippen LogP contribution in [0.4, 0.5) is 0 Å². The van der Waals surface area contributed by atoms with Gasteiger partial charge in [-0.05, 0) is 43.0 Å². The molecular formula is C21H23N3. The van der Waals surface area contributed by atoms with Crippen LogP contribution in [0.5, 0.6) is 0 Å². The molecule has 1 aliphatic carbocycles. The summed E-state index contributed by atoms with van der Waals surface area (Å²) in [7, 11) is 0. The first-order valence-corrected chi connectivity index (χ1v) is 8.66. The maximum absolute atomic E-state index is 4.39. The molecule has 1 saturated carbocycles. The molecule has 2 aromatic carbocycles. The summed E-state index contributed by atoms with van der Waals surface area (Å²) in [6.45, 7) is 3.26. The van der Waals surface area contributed by atoms with Gasteiger partial charge in [0.25, 0.3) is 0 Å². The lowest BCUT2D eigenvalue weighted by molar-refractivity contribution is 0.509. The van der Waals surface area contributed by atoms with Crippen LogP contribution in [-0.4, -0.2) is 16.3 Å². The minimum Gasteiger partial charge on any atom is -0.309 e. The lowest BCUT2D eigenvalue weighted by Crippen LogP contribution is -2.29. The second kappa shape index (κ2) is 6.25. The molecule has 3 aromatic rings. The first-order valence-electron chi connectivity index (χ1n) is 8.66. The van der Waals surface area contributed by atoms with E-state index in [2.05, 4.69) is 71.9 Å². The standard InChI is InChI=1S/C21H23N3/c1-17(19-10-5-6-11-20(19)24-15-7-14-23-24)22-16-21(12-13-21)18-8-3-2-4-9-18/h2-11,14-15,17,22H,12-13,16H2,1H3/t17-/m1/s1. The van der Waals surface area contributed by atoms with E-state index in [1.165, 1.54) is 24.0 Å². The molecule has 1 heterocycles. The fourth-order valence-corrected chi connectivity index (χ4v) is 3.44. The van der Waals surface area contributed by atoms with Crippen LogP contribution in [0.25, 0.3) is 5.69 Å². The van der Waals surface area contributed by atoms with Crippen LogP contribution in [0.1, 0.15) is 36.9 Å². The van der Waals surface area contributed by atoms with Gasteiger partial charge in [-0.25, -0.2) is 4.68 Å². The molecule has 0 bridgehead atoms. The second-order valence-corrected chi connectivity index (χ2v) is 6.76. The Labute approximate surface area is 143 Å². The van der Waals surface area contributed by atoms with Crippen LogP contribution in [0.2, 0.25) is 0 Å². The van der Waals surface area contributed by atoms with E-state index in [1.54, 1.807) is 0 Å². The molecule has 1 fully saturated rings. The third kappa shape index (κ3) is 2.87. The van der Waals surface area contributed by atoms with Gasteiger partial charge < -0.3 is 5.32 Å². The van der Waals surface area contributed by atoms with E-state index in [0.717, 1.165) is 12.2 Å². The molecule has 24 heavy (non-hydrogen) atoms. The Kier molecular flexibility index (Phi) is 3.95. The number of aromatic nitrogens is 2. The monoisotopic (exact) mass is 317 g/mol. The predicted molar refractivity (Wildman–Crippen MR) is 97.3 cm³/mol. The highest BCUT2D eigenvalue weighted by atomic mass is 15.3. The average Bonchev–Trinajstić information content (AvgIpc) is 3.24. The Morgan fingerprint density at radius 3 is 2.50 bits per heavy atom. The largest absolute Gasteiger partial charge is 0.309 e. The van der Waals surface area contributed by atoms with Gasteiger partial charge in [0.1, 0.15) is 0 Å². The smallest absolute Gasteiger partial charge is 0.0693 e. The molecule has 0 aliphatic heterocycles. The fraction of sp³-hybridized carbons (Fsp3) is 0.286. The predicted octanol–water partition coefficient (Wildman–Crippen LogP) is 4.25. The van der Waals surface area contributed by atoms with Gasteiger partial charge in [-0.2, -0.15) is 5.10 Å². The number of hydrogen-bond donors (Lipinski definition) is 1. The summed E-state index contributed by atoms with van der Waals surface area (Å²) in [5, 5.41) is 8.15. The number of hydrogen-bond acceptors (Lipinski definition) is 2. The summed E-state index contributed by atoms with van der Waals surface area (Å²) < 4.78 is 1.94. The van der Waals surface area contributed by atoms with E-state index >= 15 is 0 Å². The highest BCUT2D eigenvalue weighted by Crippen LogP contribution is 2.47. The summed E-state index contributed by atoms with van der Waals surface area (Å²) in [5.41, 5.74) is 4.22. The van der Waals surface area contributed by atoms with Crippen molar-refractivity contribution in [2.24, 2.45) is 0 Å². The Hall–Kier alpha value is -2.39. The molecule has 0 amide bonds. The summed E-state index contributed by atoms with van der Waals surface area (Å²) in [4.78, 5) is 0. The molecule has 0 spiro atoms. The highest BCUT2D eigenvalue weighted by molar-refractivity contribution is 5.42. The Morgan fingerprint density at radius 1 is 1.04 bits per heavy atom. The van der Waals surface area contributed by atoms with Crippen LogP contribution in [-0.2, 0) is 5.41 Å². The van der Waals surface area contributed by atoms with Gasteiger partial charge in [-0.15, -0.1) is 0 Å². The van der Waals surface area contributed by atoms with Gasteiger partial charge in [0.05, 0.1) is 5.69 Å². The average molecular weight is 317 g/mol. The lowest BCUT2D eigenvalue weighted by Gasteiger charge is -2.22. The molecule has 0 unspecified atom stereocenters. The zero-order valence-corrected chi connectivity index (χ0v) is 14.0. The van der Waals surface area contributed by atoms with Crippen molar-refractivity contribution in [1.82, 2.24) is 15.1 Å². The fourth-order valence-electron chi connectivity index (χ4n) is 3.44. The summed E-state index contributed by atoms with van der Waals surface area (Å²) in [6, 6.07) is 21.6. The highest BCUT2D eigenvalue weighted by Gasteiger charge is 2.43. The number of nitrogens with zero attached hydrogens (tertiary/aromatic N) is 2. The molecule has 3 nitrogen and oxygen atoms in total. The van der Waals surface area contributed by atoms with Crippen molar-refractivity contribution in [3.05, 3.63) is 84.2 Å². The van der Waals surface area contributed by atoms with Crippen molar-refractivity contribution >= 4 is 0 Å². The lowest BCUT2D eigenvalue weighted by atomic mass is 9.95. The van der Waals surface area contributed by atoms with Crippen LogP contribution < -0.4 is 5.32 Å². The SMILES string of the molecule is C[C@@H](NCC1(c2ccccc2)CC1)c1ccccc1-n1cccn1. The van der Waals surface area contributed by atoms with Crippen molar-refractivity contribution in [2.75, 3.05) is 6.54 Å². The van der Waals surface area contributed by atoms with E-state index in [0.29, 0.717) is 5.41 Å². The molecule has 1 aliphatic rings. The molecule has 3 heteroatoms. The number of nitrogens with one attached hydrogen (secondary N) is 1. The third-order valence-corrected chi connectivity index (χ3v) is 5.14. The minimum absolute atomic E-state index is 0.284. The quantitative estimate of drug-likeness (QED) is 0.736. The van der Waals surface area contributed by atoms with Gasteiger partial charge in [-0.1, -0.05) is 48.5 Å². The van der Waals surface area contributed by atoms with Gasteiger partial charge in [0.15, 0.2) is 0 Å². The summed E-state index contributed by atoms with van der Waals surface area (Å²) in [6.07, 6.45) is 6.37. The molecule has 1 aromatic heterocycles.